The predicted molar refractivity (Wildman–Crippen MR) is 119 cm³/mol. The molecule has 2 aliphatic heterocycles. The van der Waals surface area contributed by atoms with Crippen LogP contribution in [0.15, 0.2) is 36.8 Å². The number of ether oxygens (including phenoxy) is 1. The lowest BCUT2D eigenvalue weighted by atomic mass is 9.95. The summed E-state index contributed by atoms with van der Waals surface area (Å²) in [5, 5.41) is 3.09. The van der Waals surface area contributed by atoms with Crippen LogP contribution in [0.5, 0.6) is 0 Å². The number of nitrogens with one attached hydrogen (secondary N) is 1. The van der Waals surface area contributed by atoms with Gasteiger partial charge in [0.1, 0.15) is 6.33 Å². The Morgan fingerprint density at radius 1 is 1.07 bits per heavy atom. The maximum Gasteiger partial charge on any atom is 0.227 e. The van der Waals surface area contributed by atoms with Crippen LogP contribution in [0.1, 0.15) is 38.2 Å². The third-order valence-electron chi connectivity index (χ3n) is 6.03. The number of amides is 1. The van der Waals surface area contributed by atoms with Crippen LogP contribution in [0.25, 0.3) is 0 Å². The van der Waals surface area contributed by atoms with Crippen LogP contribution in [0.4, 0.5) is 17.2 Å². The number of carbonyl (C=O) groups is 1. The van der Waals surface area contributed by atoms with E-state index in [4.69, 9.17) is 4.74 Å². The van der Waals surface area contributed by atoms with Crippen molar-refractivity contribution in [1.82, 2.24) is 9.97 Å². The lowest BCUT2D eigenvalue weighted by molar-refractivity contribution is -0.120. The molecule has 4 rings (SSSR count). The monoisotopic (exact) mass is 409 g/mol. The zero-order chi connectivity index (χ0) is 20.9. The second-order valence-corrected chi connectivity index (χ2v) is 8.36. The molecule has 160 valence electrons. The SMILES string of the molecule is CC(C)c1ccc(NC(=O)C2CCN(c3cncnc3N3CCOCC3)CC2)cc1. The van der Waals surface area contributed by atoms with Gasteiger partial charge in [-0.25, -0.2) is 9.97 Å². The van der Waals surface area contributed by atoms with Crippen LogP contribution in [-0.4, -0.2) is 55.3 Å². The molecule has 30 heavy (non-hydrogen) atoms. The van der Waals surface area contributed by atoms with Gasteiger partial charge in [0, 0.05) is 37.8 Å². The fraction of sp³-hybridized carbons (Fsp3) is 0.522. The van der Waals surface area contributed by atoms with Gasteiger partial charge < -0.3 is 19.9 Å². The van der Waals surface area contributed by atoms with Gasteiger partial charge in [0.15, 0.2) is 5.82 Å². The Morgan fingerprint density at radius 3 is 2.43 bits per heavy atom. The maximum atomic E-state index is 12.8. The molecular weight excluding hydrogens is 378 g/mol. The van der Waals surface area contributed by atoms with Gasteiger partial charge in [-0.15, -0.1) is 0 Å². The van der Waals surface area contributed by atoms with E-state index in [-0.39, 0.29) is 11.8 Å². The number of carbonyl (C=O) groups excluding carboxylic acids is 1. The standard InChI is InChI=1S/C23H31N5O2/c1-17(2)18-3-5-20(6-4-18)26-23(29)19-7-9-27(10-8-19)21-15-24-16-25-22(21)28-11-13-30-14-12-28/h3-6,15-17,19H,7-14H2,1-2H3,(H,26,29). The van der Waals surface area contributed by atoms with Crippen LogP contribution in [0, 0.1) is 5.92 Å². The quantitative estimate of drug-likeness (QED) is 0.817. The lowest BCUT2D eigenvalue weighted by Crippen LogP contribution is -2.41. The van der Waals surface area contributed by atoms with Gasteiger partial charge >= 0.3 is 0 Å². The number of hydrogen-bond donors (Lipinski definition) is 1. The maximum absolute atomic E-state index is 12.8. The number of rotatable bonds is 5. The van der Waals surface area contributed by atoms with E-state index in [1.165, 1.54) is 5.56 Å². The van der Waals surface area contributed by atoms with Gasteiger partial charge in [0.25, 0.3) is 0 Å². The average molecular weight is 410 g/mol. The molecule has 1 aromatic carbocycles. The van der Waals surface area contributed by atoms with Crippen LogP contribution < -0.4 is 15.1 Å². The van der Waals surface area contributed by atoms with Gasteiger partial charge in [0.2, 0.25) is 5.91 Å². The van der Waals surface area contributed by atoms with E-state index in [1.807, 2.05) is 18.3 Å². The minimum atomic E-state index is 0.0301. The Labute approximate surface area is 178 Å². The normalized spacial score (nSPS) is 18.0. The summed E-state index contributed by atoms with van der Waals surface area (Å²) in [4.78, 5) is 26.1. The summed E-state index contributed by atoms with van der Waals surface area (Å²) in [5.74, 6) is 1.61. The summed E-state index contributed by atoms with van der Waals surface area (Å²) in [6.45, 7) is 9.14. The van der Waals surface area contributed by atoms with Gasteiger partial charge in [-0.2, -0.15) is 0 Å². The molecule has 2 aliphatic rings. The first-order valence-corrected chi connectivity index (χ1v) is 10.9. The molecule has 0 spiro atoms. The predicted octanol–water partition coefficient (Wildman–Crippen LogP) is 3.29. The number of anilines is 3. The van der Waals surface area contributed by atoms with Crippen molar-refractivity contribution < 1.29 is 9.53 Å². The van der Waals surface area contributed by atoms with E-state index in [0.717, 1.165) is 69.4 Å². The van der Waals surface area contributed by atoms with Crippen molar-refractivity contribution in [3.05, 3.63) is 42.4 Å². The van der Waals surface area contributed by atoms with E-state index < -0.39 is 0 Å². The number of piperidine rings is 1. The van der Waals surface area contributed by atoms with Gasteiger partial charge in [-0.05, 0) is 36.5 Å². The first kappa shape index (κ1) is 20.6. The van der Waals surface area contributed by atoms with E-state index in [0.29, 0.717) is 5.92 Å². The van der Waals surface area contributed by atoms with Crippen molar-refractivity contribution in [3.63, 3.8) is 0 Å². The highest BCUT2D eigenvalue weighted by molar-refractivity contribution is 5.92. The highest BCUT2D eigenvalue weighted by Crippen LogP contribution is 2.31. The number of morpholine rings is 1. The van der Waals surface area contributed by atoms with Crippen molar-refractivity contribution in [2.75, 3.05) is 54.5 Å². The summed E-state index contributed by atoms with van der Waals surface area (Å²) >= 11 is 0. The Balaban J connectivity index is 1.35. The molecule has 2 saturated heterocycles. The third-order valence-corrected chi connectivity index (χ3v) is 6.03. The van der Waals surface area contributed by atoms with Crippen molar-refractivity contribution in [2.45, 2.75) is 32.6 Å². The summed E-state index contributed by atoms with van der Waals surface area (Å²) in [6, 6.07) is 8.17. The second-order valence-electron chi connectivity index (χ2n) is 8.36. The third kappa shape index (κ3) is 4.73. The summed E-state index contributed by atoms with van der Waals surface area (Å²) in [6.07, 6.45) is 5.16. The molecule has 0 radical (unpaired) electrons. The van der Waals surface area contributed by atoms with Crippen molar-refractivity contribution >= 4 is 23.1 Å². The molecular formula is C23H31N5O2. The number of benzene rings is 1. The molecule has 1 amide bonds. The van der Waals surface area contributed by atoms with E-state index in [9.17, 15) is 4.79 Å². The molecule has 1 aromatic heterocycles. The lowest BCUT2D eigenvalue weighted by Gasteiger charge is -2.36. The van der Waals surface area contributed by atoms with Crippen molar-refractivity contribution in [1.29, 1.82) is 0 Å². The van der Waals surface area contributed by atoms with Crippen LogP contribution in [-0.2, 0) is 9.53 Å². The zero-order valence-electron chi connectivity index (χ0n) is 17.9. The minimum Gasteiger partial charge on any atom is -0.378 e. The van der Waals surface area contributed by atoms with Gasteiger partial charge in [-0.3, -0.25) is 4.79 Å². The highest BCUT2D eigenvalue weighted by atomic mass is 16.5. The first-order valence-electron chi connectivity index (χ1n) is 10.9. The Kier molecular flexibility index (Phi) is 6.47. The highest BCUT2D eigenvalue weighted by Gasteiger charge is 2.28. The van der Waals surface area contributed by atoms with E-state index in [1.54, 1.807) is 6.33 Å². The van der Waals surface area contributed by atoms with Crippen molar-refractivity contribution in [2.24, 2.45) is 5.92 Å². The largest absolute Gasteiger partial charge is 0.378 e. The fourth-order valence-corrected chi connectivity index (χ4v) is 4.14. The van der Waals surface area contributed by atoms with E-state index in [2.05, 4.69) is 51.1 Å². The Hall–Kier alpha value is -2.67. The van der Waals surface area contributed by atoms with Crippen LogP contribution in [0.2, 0.25) is 0 Å². The average Bonchev–Trinajstić information content (AvgIpc) is 2.80. The smallest absolute Gasteiger partial charge is 0.227 e. The summed E-state index contributed by atoms with van der Waals surface area (Å²) < 4.78 is 5.47. The number of hydrogen-bond acceptors (Lipinski definition) is 6. The molecule has 0 atom stereocenters. The molecule has 0 unspecified atom stereocenters. The molecule has 3 heterocycles. The molecule has 7 nitrogen and oxygen atoms in total. The summed E-state index contributed by atoms with van der Waals surface area (Å²) in [5.41, 5.74) is 3.21. The second kappa shape index (κ2) is 9.43. The van der Waals surface area contributed by atoms with E-state index >= 15 is 0 Å². The molecule has 0 aliphatic carbocycles. The van der Waals surface area contributed by atoms with Crippen LogP contribution >= 0.6 is 0 Å². The molecule has 7 heteroatoms. The zero-order valence-corrected chi connectivity index (χ0v) is 17.9. The minimum absolute atomic E-state index is 0.0301. The van der Waals surface area contributed by atoms with Gasteiger partial charge in [0.05, 0.1) is 25.1 Å². The number of nitrogens with zero attached hydrogens (tertiary/aromatic N) is 4. The van der Waals surface area contributed by atoms with Gasteiger partial charge in [-0.1, -0.05) is 26.0 Å². The topological polar surface area (TPSA) is 70.6 Å². The molecule has 0 bridgehead atoms. The van der Waals surface area contributed by atoms with Crippen molar-refractivity contribution in [3.8, 4) is 0 Å². The first-order chi connectivity index (χ1) is 14.6. The molecule has 2 aromatic rings. The molecule has 1 N–H and O–H groups in total. The number of aromatic nitrogens is 2. The van der Waals surface area contributed by atoms with Crippen LogP contribution in [0.3, 0.4) is 0 Å². The summed E-state index contributed by atoms with van der Waals surface area (Å²) in [7, 11) is 0. The Morgan fingerprint density at radius 2 is 1.77 bits per heavy atom. The Bertz CT molecular complexity index is 841. The molecule has 0 saturated carbocycles. The fourth-order valence-electron chi connectivity index (χ4n) is 4.14. The molecule has 2 fully saturated rings.